The zero-order valence-electron chi connectivity index (χ0n) is 21.4. The summed E-state index contributed by atoms with van der Waals surface area (Å²) < 4.78 is 87.2. The predicted octanol–water partition coefficient (Wildman–Crippen LogP) is 1.63. The van der Waals surface area contributed by atoms with E-state index in [-0.39, 0.29) is 62.4 Å². The second-order valence-electron chi connectivity index (χ2n) is 8.37. The predicted molar refractivity (Wildman–Crippen MR) is 146 cm³/mol. The van der Waals surface area contributed by atoms with Crippen LogP contribution in [-0.2, 0) is 30.0 Å². The molecule has 4 aromatic carbocycles. The van der Waals surface area contributed by atoms with E-state index in [0.717, 1.165) is 48.7 Å². The molecule has 0 heterocycles. The second-order valence-corrected chi connectivity index (χ2v) is 13.8. The topological polar surface area (TPSA) is 226 Å². The van der Waals surface area contributed by atoms with Gasteiger partial charge < -0.3 is 9.66 Å². The van der Waals surface area contributed by atoms with Crippen LogP contribution in [0.15, 0.2) is 91.6 Å². The van der Waals surface area contributed by atoms with E-state index in [1.54, 1.807) is 0 Å². The molecular formula is C23H16ClN4NaO10S3. The van der Waals surface area contributed by atoms with Crippen LogP contribution in [0.1, 0.15) is 0 Å². The van der Waals surface area contributed by atoms with Gasteiger partial charge in [-0.3, -0.25) is 14.8 Å². The zero-order valence-corrected chi connectivity index (χ0v) is 26.6. The molecule has 0 radical (unpaired) electrons. The molecule has 0 saturated heterocycles. The van der Waals surface area contributed by atoms with E-state index in [0.29, 0.717) is 6.07 Å². The Kier molecular flexibility index (Phi) is 9.70. The van der Waals surface area contributed by atoms with Crippen LogP contribution in [0, 0.1) is 10.1 Å². The fraction of sp³-hybridized carbons (Fsp3) is 0.0435. The average Bonchev–Trinajstić information content (AvgIpc) is 2.88. The standard InChI is InChI=1S/C23H17ClN4O10S3.Na/c1-39(32,33)21-10-13(28(30)31)8-9-18(21)25-26-20-12-17(24)23(29)16-6-3-7-19(22(16)20)27-40(34,35)14-4-2-5-15(11-14)41(36,37)38;/h2-12,27,29H,1H3,(H,36,37,38);/q;+1/p-1. The number of nitrogens with zero attached hydrogens (tertiary/aromatic N) is 3. The monoisotopic (exact) mass is 662 g/mol. The van der Waals surface area contributed by atoms with Gasteiger partial charge in [0.15, 0.2) is 9.84 Å². The summed E-state index contributed by atoms with van der Waals surface area (Å²) in [7, 11) is -13.5. The molecule has 0 fully saturated rings. The van der Waals surface area contributed by atoms with Crippen molar-refractivity contribution >= 4 is 75.1 Å². The summed E-state index contributed by atoms with van der Waals surface area (Å²) in [4.78, 5) is 8.50. The van der Waals surface area contributed by atoms with Crippen molar-refractivity contribution in [2.24, 2.45) is 10.2 Å². The number of nitro benzene ring substituents is 1. The van der Waals surface area contributed by atoms with Crippen molar-refractivity contribution in [1.82, 2.24) is 0 Å². The Morgan fingerprint density at radius 1 is 0.881 bits per heavy atom. The number of sulfone groups is 1. The van der Waals surface area contributed by atoms with Gasteiger partial charge in [-0.15, -0.1) is 10.2 Å². The van der Waals surface area contributed by atoms with E-state index in [9.17, 15) is 45.0 Å². The number of halogens is 1. The van der Waals surface area contributed by atoms with Crippen molar-refractivity contribution in [3.8, 4) is 5.75 Å². The molecule has 0 atom stereocenters. The van der Waals surface area contributed by atoms with E-state index in [2.05, 4.69) is 15.0 Å². The Morgan fingerprint density at radius 2 is 1.50 bits per heavy atom. The van der Waals surface area contributed by atoms with Crippen LogP contribution in [0.4, 0.5) is 22.7 Å². The van der Waals surface area contributed by atoms with Crippen molar-refractivity contribution in [1.29, 1.82) is 0 Å². The molecule has 0 amide bonds. The first-order valence-corrected chi connectivity index (χ1v) is 16.1. The van der Waals surface area contributed by atoms with Gasteiger partial charge in [-0.05, 0) is 36.4 Å². The average molecular weight is 663 g/mol. The van der Waals surface area contributed by atoms with Gasteiger partial charge in [0.25, 0.3) is 15.7 Å². The molecule has 0 aliphatic rings. The van der Waals surface area contributed by atoms with Gasteiger partial charge in [0.1, 0.15) is 26.5 Å². The van der Waals surface area contributed by atoms with Crippen molar-refractivity contribution in [2.75, 3.05) is 11.0 Å². The first-order chi connectivity index (χ1) is 19.0. The Balaban J connectivity index is 0.00000484. The molecule has 214 valence electrons. The van der Waals surface area contributed by atoms with Gasteiger partial charge in [0.05, 0.1) is 31.1 Å². The van der Waals surface area contributed by atoms with E-state index in [1.165, 1.54) is 18.2 Å². The molecule has 42 heavy (non-hydrogen) atoms. The largest absolute Gasteiger partial charge is 1.00 e. The molecular weight excluding hydrogens is 647 g/mol. The number of non-ortho nitro benzene ring substituents is 1. The van der Waals surface area contributed by atoms with Crippen molar-refractivity contribution < 1.29 is 69.4 Å². The fourth-order valence-electron chi connectivity index (χ4n) is 3.68. The van der Waals surface area contributed by atoms with Gasteiger partial charge in [-0.25, -0.2) is 25.3 Å². The summed E-state index contributed by atoms with van der Waals surface area (Å²) in [5.74, 6) is -0.451. The Morgan fingerprint density at radius 3 is 2.12 bits per heavy atom. The zero-order chi connectivity index (χ0) is 30.3. The van der Waals surface area contributed by atoms with Gasteiger partial charge >= 0.3 is 29.6 Å². The van der Waals surface area contributed by atoms with Crippen LogP contribution >= 0.6 is 11.6 Å². The first-order valence-electron chi connectivity index (χ1n) is 10.9. The Hall–Kier alpha value is -3.16. The third kappa shape index (κ3) is 7.07. The molecule has 0 saturated carbocycles. The van der Waals surface area contributed by atoms with Crippen molar-refractivity contribution in [2.45, 2.75) is 14.7 Å². The quantitative estimate of drug-likeness (QED) is 0.0911. The van der Waals surface area contributed by atoms with Crippen LogP contribution in [0.25, 0.3) is 10.8 Å². The number of phenolic OH excluding ortho intramolecular Hbond substituents is 1. The van der Waals surface area contributed by atoms with Crippen LogP contribution in [-0.4, -0.2) is 46.1 Å². The smallest absolute Gasteiger partial charge is 0.744 e. The summed E-state index contributed by atoms with van der Waals surface area (Å²) >= 11 is 6.13. The number of hydrogen-bond donors (Lipinski definition) is 2. The number of azo groups is 1. The molecule has 4 rings (SSSR count). The summed E-state index contributed by atoms with van der Waals surface area (Å²) in [6.45, 7) is 0. The van der Waals surface area contributed by atoms with Crippen LogP contribution in [0.5, 0.6) is 5.75 Å². The maximum atomic E-state index is 13.1. The Labute approximate surface area is 266 Å². The number of rotatable bonds is 8. The van der Waals surface area contributed by atoms with Gasteiger partial charge in [-0.2, -0.15) is 0 Å². The van der Waals surface area contributed by atoms with Crippen molar-refractivity contribution in [3.05, 3.63) is 81.9 Å². The maximum Gasteiger partial charge on any atom is 1.00 e. The van der Waals surface area contributed by atoms with Crippen molar-refractivity contribution in [3.63, 3.8) is 0 Å². The molecule has 14 nitrogen and oxygen atoms in total. The first kappa shape index (κ1) is 33.3. The molecule has 0 aliphatic carbocycles. The summed E-state index contributed by atoms with van der Waals surface area (Å²) in [5, 5.41) is 29.3. The number of nitrogens with one attached hydrogen (secondary N) is 1. The third-order valence-electron chi connectivity index (χ3n) is 5.53. The number of fused-ring (bicyclic) bond motifs is 1. The van der Waals surface area contributed by atoms with Crippen LogP contribution in [0.3, 0.4) is 0 Å². The normalized spacial score (nSPS) is 12.3. The number of sulfonamides is 1. The SMILES string of the molecule is CS(=O)(=O)c1cc([N+](=O)[O-])ccc1N=Nc1cc(Cl)c(O)c2cccc(NS(=O)(=O)c3cccc(S(=O)(=O)[O-])c3)c12.[Na+]. The van der Waals surface area contributed by atoms with E-state index < -0.39 is 61.0 Å². The van der Waals surface area contributed by atoms with Gasteiger partial charge in [0, 0.05) is 29.2 Å². The number of hydrogen-bond acceptors (Lipinski definition) is 12. The summed E-state index contributed by atoms with van der Waals surface area (Å²) in [6, 6.07) is 11.8. The minimum absolute atomic E-state index is 0. The molecule has 0 bridgehead atoms. The molecule has 0 unspecified atom stereocenters. The fourth-order valence-corrected chi connectivity index (χ4v) is 6.42. The molecule has 2 N–H and O–H groups in total. The van der Waals surface area contributed by atoms with E-state index in [1.807, 2.05) is 0 Å². The number of benzene rings is 4. The van der Waals surface area contributed by atoms with Gasteiger partial charge in [0.2, 0.25) is 0 Å². The minimum Gasteiger partial charge on any atom is -0.744 e. The van der Waals surface area contributed by atoms with Crippen LogP contribution in [0.2, 0.25) is 5.02 Å². The number of aromatic hydroxyl groups is 1. The molecule has 0 aromatic heterocycles. The Bertz CT molecular complexity index is 2110. The summed E-state index contributed by atoms with van der Waals surface area (Å²) in [6.07, 6.45) is 0.817. The molecule has 0 spiro atoms. The minimum atomic E-state index is -4.96. The van der Waals surface area contributed by atoms with Gasteiger partial charge in [-0.1, -0.05) is 29.8 Å². The van der Waals surface area contributed by atoms with E-state index in [4.69, 9.17) is 11.6 Å². The van der Waals surface area contributed by atoms with Crippen LogP contribution < -0.4 is 34.3 Å². The molecule has 4 aromatic rings. The molecule has 0 aliphatic heterocycles. The number of anilines is 1. The third-order valence-corrected chi connectivity index (χ3v) is 9.14. The number of phenols is 1. The number of nitro groups is 1. The van der Waals surface area contributed by atoms with E-state index >= 15 is 0 Å². The molecule has 19 heteroatoms. The maximum absolute atomic E-state index is 13.1. The summed E-state index contributed by atoms with van der Waals surface area (Å²) in [5.41, 5.74) is -1.10. The second kappa shape index (κ2) is 12.2.